The van der Waals surface area contributed by atoms with Crippen molar-refractivity contribution in [2.75, 3.05) is 12.8 Å². The maximum atomic E-state index is 5.91. The summed E-state index contributed by atoms with van der Waals surface area (Å²) in [5.41, 5.74) is 10.5. The molecule has 0 saturated heterocycles. The van der Waals surface area contributed by atoms with Crippen LogP contribution < -0.4 is 10.5 Å². The molecule has 4 nitrogen and oxygen atoms in total. The van der Waals surface area contributed by atoms with Crippen LogP contribution >= 0.6 is 0 Å². The number of methoxy groups -OCH3 is 1. The first-order chi connectivity index (χ1) is 9.69. The van der Waals surface area contributed by atoms with Crippen molar-refractivity contribution in [1.82, 2.24) is 9.55 Å². The van der Waals surface area contributed by atoms with Crippen molar-refractivity contribution < 1.29 is 4.74 Å². The number of ether oxygens (including phenoxy) is 1. The fourth-order valence-corrected chi connectivity index (χ4v) is 3.04. The van der Waals surface area contributed by atoms with E-state index < -0.39 is 0 Å². The number of nitrogens with zero attached hydrogens (tertiary/aromatic N) is 2. The van der Waals surface area contributed by atoms with Crippen molar-refractivity contribution in [2.45, 2.75) is 39.2 Å². The highest BCUT2D eigenvalue weighted by Crippen LogP contribution is 2.26. The molecule has 20 heavy (non-hydrogen) atoms. The number of aromatic nitrogens is 2. The molecule has 1 aliphatic rings. The minimum Gasteiger partial charge on any atom is -0.496 e. The highest BCUT2D eigenvalue weighted by Gasteiger charge is 2.18. The highest BCUT2D eigenvalue weighted by atomic mass is 16.5. The molecule has 2 N–H and O–H groups in total. The first kappa shape index (κ1) is 13.0. The van der Waals surface area contributed by atoms with Gasteiger partial charge in [-0.1, -0.05) is 0 Å². The number of rotatable bonds is 3. The second-order valence-electron chi connectivity index (χ2n) is 5.42. The van der Waals surface area contributed by atoms with Gasteiger partial charge in [-0.15, -0.1) is 0 Å². The number of nitrogen functional groups attached to an aromatic ring is 1. The molecular formula is C16H21N3O. The molecule has 1 heterocycles. The zero-order valence-corrected chi connectivity index (χ0v) is 12.1. The lowest BCUT2D eigenvalue weighted by Gasteiger charge is -2.16. The zero-order chi connectivity index (χ0) is 14.1. The summed E-state index contributed by atoms with van der Waals surface area (Å²) in [6.07, 6.45) is 4.75. The quantitative estimate of drug-likeness (QED) is 0.873. The van der Waals surface area contributed by atoms with Gasteiger partial charge in [0, 0.05) is 16.9 Å². The topological polar surface area (TPSA) is 53.1 Å². The maximum absolute atomic E-state index is 5.91. The van der Waals surface area contributed by atoms with Crippen LogP contribution in [0.4, 0.5) is 5.69 Å². The smallest absolute Gasteiger partial charge is 0.124 e. The Balaban J connectivity index is 1.99. The summed E-state index contributed by atoms with van der Waals surface area (Å²) in [5.74, 6) is 1.97. The number of imidazole rings is 1. The Labute approximate surface area is 119 Å². The van der Waals surface area contributed by atoms with E-state index in [1.165, 1.54) is 24.2 Å². The molecule has 2 aromatic rings. The minimum atomic E-state index is 0.771. The Hall–Kier alpha value is -1.97. The second-order valence-corrected chi connectivity index (χ2v) is 5.42. The van der Waals surface area contributed by atoms with Crippen LogP contribution in [0.15, 0.2) is 18.2 Å². The summed E-state index contributed by atoms with van der Waals surface area (Å²) >= 11 is 0. The van der Waals surface area contributed by atoms with Gasteiger partial charge < -0.3 is 15.0 Å². The third-order valence-corrected chi connectivity index (χ3v) is 4.06. The minimum absolute atomic E-state index is 0.771. The summed E-state index contributed by atoms with van der Waals surface area (Å²) in [6, 6.07) is 5.80. The van der Waals surface area contributed by atoms with Crippen LogP contribution in [-0.2, 0) is 19.4 Å². The summed E-state index contributed by atoms with van der Waals surface area (Å²) in [7, 11) is 1.70. The largest absolute Gasteiger partial charge is 0.496 e. The summed E-state index contributed by atoms with van der Waals surface area (Å²) in [4.78, 5) is 4.72. The van der Waals surface area contributed by atoms with Gasteiger partial charge in [0.1, 0.15) is 11.6 Å². The molecule has 0 aliphatic heterocycles. The molecule has 0 radical (unpaired) electrons. The number of hydrogen-bond donors (Lipinski definition) is 1. The molecule has 0 fully saturated rings. The third-order valence-electron chi connectivity index (χ3n) is 4.06. The fraction of sp³-hybridized carbons (Fsp3) is 0.438. The molecule has 0 spiro atoms. The van der Waals surface area contributed by atoms with E-state index in [0.29, 0.717) is 0 Å². The molecule has 1 aromatic heterocycles. The van der Waals surface area contributed by atoms with Crippen molar-refractivity contribution in [3.8, 4) is 5.75 Å². The van der Waals surface area contributed by atoms with Crippen LogP contribution in [0.25, 0.3) is 0 Å². The van der Waals surface area contributed by atoms with Gasteiger partial charge in [0.15, 0.2) is 0 Å². The standard InChI is InChI=1S/C16H21N3O/c1-11-18-14-5-3-4-6-15(14)19(11)10-12-9-13(17)7-8-16(12)20-2/h7-9H,3-6,10,17H2,1-2H3. The lowest BCUT2D eigenvalue weighted by Crippen LogP contribution is -2.11. The Kier molecular flexibility index (Phi) is 3.38. The molecule has 0 amide bonds. The number of nitrogens with two attached hydrogens (primary N) is 1. The fourth-order valence-electron chi connectivity index (χ4n) is 3.04. The van der Waals surface area contributed by atoms with E-state index in [9.17, 15) is 0 Å². The molecule has 4 heteroatoms. The summed E-state index contributed by atoms with van der Waals surface area (Å²) in [5, 5.41) is 0. The van der Waals surface area contributed by atoms with E-state index >= 15 is 0 Å². The number of benzene rings is 1. The average molecular weight is 271 g/mol. The van der Waals surface area contributed by atoms with E-state index in [0.717, 1.165) is 42.2 Å². The Morgan fingerprint density at radius 3 is 2.90 bits per heavy atom. The molecule has 3 rings (SSSR count). The van der Waals surface area contributed by atoms with Crippen molar-refractivity contribution in [3.63, 3.8) is 0 Å². The summed E-state index contributed by atoms with van der Waals surface area (Å²) < 4.78 is 7.76. The summed E-state index contributed by atoms with van der Waals surface area (Å²) in [6.45, 7) is 2.86. The van der Waals surface area contributed by atoms with Gasteiger partial charge >= 0.3 is 0 Å². The first-order valence-electron chi connectivity index (χ1n) is 7.16. The zero-order valence-electron chi connectivity index (χ0n) is 12.1. The molecule has 0 saturated carbocycles. The maximum Gasteiger partial charge on any atom is 0.124 e. The van der Waals surface area contributed by atoms with Gasteiger partial charge in [-0.25, -0.2) is 4.98 Å². The van der Waals surface area contributed by atoms with E-state index in [4.69, 9.17) is 15.5 Å². The molecule has 106 valence electrons. The van der Waals surface area contributed by atoms with Crippen LogP contribution in [0.5, 0.6) is 5.75 Å². The van der Waals surface area contributed by atoms with Crippen LogP contribution in [0.2, 0.25) is 0 Å². The first-order valence-corrected chi connectivity index (χ1v) is 7.16. The van der Waals surface area contributed by atoms with Gasteiger partial charge in [-0.05, 0) is 50.8 Å². The van der Waals surface area contributed by atoms with E-state index in [2.05, 4.69) is 11.5 Å². The van der Waals surface area contributed by atoms with Crippen molar-refractivity contribution in [3.05, 3.63) is 41.0 Å². The van der Waals surface area contributed by atoms with Crippen LogP contribution in [0.3, 0.4) is 0 Å². The van der Waals surface area contributed by atoms with Crippen molar-refractivity contribution >= 4 is 5.69 Å². The predicted molar refractivity (Wildman–Crippen MR) is 80.1 cm³/mol. The normalized spacial score (nSPS) is 14.1. The van der Waals surface area contributed by atoms with Gasteiger partial charge in [0.05, 0.1) is 19.3 Å². The molecule has 0 unspecified atom stereocenters. The number of anilines is 1. The van der Waals surface area contributed by atoms with Crippen molar-refractivity contribution in [1.29, 1.82) is 0 Å². The molecule has 0 bridgehead atoms. The van der Waals surface area contributed by atoms with E-state index in [1.807, 2.05) is 18.2 Å². The Bertz CT molecular complexity index is 631. The number of fused-ring (bicyclic) bond motifs is 1. The van der Waals surface area contributed by atoms with E-state index in [-0.39, 0.29) is 0 Å². The predicted octanol–water partition coefficient (Wildman–Crippen LogP) is 2.71. The number of hydrogen-bond acceptors (Lipinski definition) is 3. The van der Waals surface area contributed by atoms with Crippen molar-refractivity contribution in [2.24, 2.45) is 0 Å². The van der Waals surface area contributed by atoms with Gasteiger partial charge in [0.25, 0.3) is 0 Å². The Morgan fingerprint density at radius 1 is 1.30 bits per heavy atom. The average Bonchev–Trinajstić information content (AvgIpc) is 2.76. The molecule has 1 aliphatic carbocycles. The lowest BCUT2D eigenvalue weighted by molar-refractivity contribution is 0.408. The van der Waals surface area contributed by atoms with Crippen LogP contribution in [0.1, 0.15) is 35.6 Å². The second kappa shape index (κ2) is 5.19. The van der Waals surface area contributed by atoms with Gasteiger partial charge in [0.2, 0.25) is 0 Å². The monoisotopic (exact) mass is 271 g/mol. The lowest BCUT2D eigenvalue weighted by atomic mass is 10.0. The Morgan fingerprint density at radius 2 is 2.10 bits per heavy atom. The molecule has 1 aromatic carbocycles. The number of aryl methyl sites for hydroxylation is 2. The highest BCUT2D eigenvalue weighted by molar-refractivity contribution is 5.48. The third kappa shape index (κ3) is 2.26. The van der Waals surface area contributed by atoms with Crippen LogP contribution in [-0.4, -0.2) is 16.7 Å². The molecule has 0 atom stereocenters. The van der Waals surface area contributed by atoms with Gasteiger partial charge in [-0.3, -0.25) is 0 Å². The SMILES string of the molecule is COc1ccc(N)cc1Cn1c(C)nc2c1CCCC2. The van der Waals surface area contributed by atoms with E-state index in [1.54, 1.807) is 7.11 Å². The van der Waals surface area contributed by atoms with Crippen LogP contribution in [0, 0.1) is 6.92 Å². The van der Waals surface area contributed by atoms with Gasteiger partial charge in [-0.2, -0.15) is 0 Å². The molecular weight excluding hydrogens is 250 g/mol.